The molecule has 0 bridgehead atoms. The van der Waals surface area contributed by atoms with Crippen molar-refractivity contribution in [3.8, 4) is 0 Å². The minimum atomic E-state index is -0.339. The number of carbonyl (C=O) groups is 1. The fourth-order valence-electron chi connectivity index (χ4n) is 4.35. The van der Waals surface area contributed by atoms with Crippen molar-refractivity contribution in [1.82, 2.24) is 10.2 Å². The van der Waals surface area contributed by atoms with Crippen LogP contribution < -0.4 is 5.32 Å². The summed E-state index contributed by atoms with van der Waals surface area (Å²) < 4.78 is 0. The molecule has 1 aromatic carbocycles. The second kappa shape index (κ2) is 9.70. The molecular formula is C21H33ClN2O. The van der Waals surface area contributed by atoms with E-state index < -0.39 is 0 Å². The maximum Gasteiger partial charge on any atom is 0.146 e. The average molecular weight is 365 g/mol. The Balaban J connectivity index is 0.00000225. The topological polar surface area (TPSA) is 32.3 Å². The molecule has 1 saturated heterocycles. The molecule has 1 aliphatic heterocycles. The average Bonchev–Trinajstić information content (AvgIpc) is 2.68. The number of benzene rings is 1. The summed E-state index contributed by atoms with van der Waals surface area (Å²) in [5, 5.41) is 3.41. The summed E-state index contributed by atoms with van der Waals surface area (Å²) >= 11 is 0. The van der Waals surface area contributed by atoms with E-state index in [1.54, 1.807) is 0 Å². The van der Waals surface area contributed by atoms with Gasteiger partial charge in [-0.05, 0) is 38.3 Å². The molecule has 2 fully saturated rings. The molecule has 0 radical (unpaired) electrons. The van der Waals surface area contributed by atoms with Gasteiger partial charge in [0.15, 0.2) is 0 Å². The molecule has 25 heavy (non-hydrogen) atoms. The lowest BCUT2D eigenvalue weighted by Gasteiger charge is -2.36. The third-order valence-corrected chi connectivity index (χ3v) is 6.07. The van der Waals surface area contributed by atoms with Crippen LogP contribution in [0.1, 0.15) is 51.0 Å². The van der Waals surface area contributed by atoms with E-state index >= 15 is 0 Å². The predicted octanol–water partition coefficient (Wildman–Crippen LogP) is 3.81. The largest absolute Gasteiger partial charge is 0.314 e. The molecule has 1 aliphatic carbocycles. The fourth-order valence-corrected chi connectivity index (χ4v) is 4.35. The number of halogens is 1. The van der Waals surface area contributed by atoms with Gasteiger partial charge in [0.1, 0.15) is 5.78 Å². The molecule has 4 heteroatoms. The van der Waals surface area contributed by atoms with Gasteiger partial charge in [0.05, 0.1) is 5.41 Å². The van der Waals surface area contributed by atoms with Gasteiger partial charge in [0, 0.05) is 32.1 Å². The molecule has 3 rings (SSSR count). The van der Waals surface area contributed by atoms with Crippen molar-refractivity contribution in [3.05, 3.63) is 35.9 Å². The minimum absolute atomic E-state index is 0. The number of hydrogen-bond acceptors (Lipinski definition) is 3. The van der Waals surface area contributed by atoms with Gasteiger partial charge in [0.25, 0.3) is 0 Å². The van der Waals surface area contributed by atoms with Crippen LogP contribution in [0.15, 0.2) is 30.3 Å². The minimum Gasteiger partial charge on any atom is -0.314 e. The molecule has 0 aromatic heterocycles. The van der Waals surface area contributed by atoms with E-state index in [1.165, 1.54) is 24.8 Å². The van der Waals surface area contributed by atoms with Crippen molar-refractivity contribution >= 4 is 18.2 Å². The quantitative estimate of drug-likeness (QED) is 0.833. The zero-order valence-corrected chi connectivity index (χ0v) is 16.3. The lowest BCUT2D eigenvalue weighted by Crippen LogP contribution is -2.46. The van der Waals surface area contributed by atoms with Gasteiger partial charge in [0.2, 0.25) is 0 Å². The van der Waals surface area contributed by atoms with Crippen molar-refractivity contribution in [2.45, 2.75) is 50.9 Å². The van der Waals surface area contributed by atoms with Gasteiger partial charge < -0.3 is 10.2 Å². The van der Waals surface area contributed by atoms with Crippen LogP contribution in [0, 0.1) is 5.92 Å². The lowest BCUT2D eigenvalue weighted by molar-refractivity contribution is -0.129. The zero-order valence-electron chi connectivity index (χ0n) is 15.5. The summed E-state index contributed by atoms with van der Waals surface area (Å²) in [4.78, 5) is 16.0. The van der Waals surface area contributed by atoms with Crippen LogP contribution in [0.2, 0.25) is 0 Å². The number of hydrogen-bond donors (Lipinski definition) is 1. The highest BCUT2D eigenvalue weighted by atomic mass is 35.5. The fraction of sp³-hybridized carbons (Fsp3) is 0.667. The monoisotopic (exact) mass is 364 g/mol. The Morgan fingerprint density at radius 2 is 1.76 bits per heavy atom. The highest BCUT2D eigenvalue weighted by molar-refractivity contribution is 5.91. The van der Waals surface area contributed by atoms with Crippen LogP contribution in [0.5, 0.6) is 0 Å². The SMILES string of the molecule is CC(CCN1CCNCC1)(C(=O)C1CCCCC1)c1ccccc1.Cl. The van der Waals surface area contributed by atoms with Crippen LogP contribution in [-0.2, 0) is 10.2 Å². The molecule has 1 heterocycles. The van der Waals surface area contributed by atoms with Gasteiger partial charge in [-0.3, -0.25) is 4.79 Å². The first kappa shape index (κ1) is 20.4. The molecule has 0 amide bonds. The van der Waals surface area contributed by atoms with Gasteiger partial charge in [-0.1, -0.05) is 49.6 Å². The van der Waals surface area contributed by atoms with Gasteiger partial charge in [-0.25, -0.2) is 0 Å². The summed E-state index contributed by atoms with van der Waals surface area (Å²) in [5.74, 6) is 0.760. The Hall–Kier alpha value is -0.900. The van der Waals surface area contributed by atoms with E-state index in [9.17, 15) is 4.79 Å². The number of ketones is 1. The Morgan fingerprint density at radius 1 is 1.12 bits per heavy atom. The normalized spacial score (nSPS) is 22.0. The first-order valence-electron chi connectivity index (χ1n) is 9.73. The van der Waals surface area contributed by atoms with Gasteiger partial charge >= 0.3 is 0 Å². The number of piperazine rings is 1. The van der Waals surface area contributed by atoms with Crippen molar-refractivity contribution in [1.29, 1.82) is 0 Å². The Labute approximate surface area is 159 Å². The van der Waals surface area contributed by atoms with Crippen LogP contribution in [0.4, 0.5) is 0 Å². The van der Waals surface area contributed by atoms with E-state index in [2.05, 4.69) is 41.4 Å². The lowest BCUT2D eigenvalue weighted by atomic mass is 9.69. The number of nitrogens with one attached hydrogen (secondary N) is 1. The van der Waals surface area contributed by atoms with E-state index in [0.29, 0.717) is 5.78 Å². The van der Waals surface area contributed by atoms with Crippen LogP contribution in [0.3, 0.4) is 0 Å². The maximum atomic E-state index is 13.5. The third-order valence-electron chi connectivity index (χ3n) is 6.07. The van der Waals surface area contributed by atoms with E-state index in [-0.39, 0.29) is 23.7 Å². The zero-order chi connectivity index (χ0) is 16.8. The molecular weight excluding hydrogens is 332 g/mol. The number of nitrogens with zero attached hydrogens (tertiary/aromatic N) is 1. The van der Waals surface area contributed by atoms with Crippen LogP contribution in [-0.4, -0.2) is 43.4 Å². The van der Waals surface area contributed by atoms with Crippen molar-refractivity contribution in [2.24, 2.45) is 5.92 Å². The Bertz CT molecular complexity index is 524. The first-order valence-corrected chi connectivity index (χ1v) is 9.73. The van der Waals surface area contributed by atoms with Crippen LogP contribution >= 0.6 is 12.4 Å². The van der Waals surface area contributed by atoms with Crippen LogP contribution in [0.25, 0.3) is 0 Å². The van der Waals surface area contributed by atoms with E-state index in [4.69, 9.17) is 0 Å². The molecule has 3 nitrogen and oxygen atoms in total. The first-order chi connectivity index (χ1) is 11.7. The summed E-state index contributed by atoms with van der Waals surface area (Å²) in [6, 6.07) is 10.5. The smallest absolute Gasteiger partial charge is 0.146 e. The maximum absolute atomic E-state index is 13.5. The summed E-state index contributed by atoms with van der Waals surface area (Å²) in [5.41, 5.74) is 0.865. The van der Waals surface area contributed by atoms with E-state index in [1.807, 2.05) is 6.07 Å². The van der Waals surface area contributed by atoms with Crippen molar-refractivity contribution in [3.63, 3.8) is 0 Å². The summed E-state index contributed by atoms with van der Waals surface area (Å²) in [6.45, 7) is 7.55. The number of Topliss-reactive ketones (excluding diaryl/α,β-unsaturated/α-hetero) is 1. The molecule has 1 N–H and O–H groups in total. The standard InChI is InChI=1S/C21H32N2O.ClH/c1-21(19-10-6-3-7-11-19,12-15-23-16-13-22-14-17-23)20(24)18-8-4-2-5-9-18;/h3,6-7,10-11,18,22H,2,4-5,8-9,12-17H2,1H3;1H. The molecule has 1 aromatic rings. The number of carbonyl (C=O) groups excluding carboxylic acids is 1. The van der Waals surface area contributed by atoms with E-state index in [0.717, 1.165) is 52.0 Å². The molecule has 0 spiro atoms. The second-order valence-corrected chi connectivity index (χ2v) is 7.74. The summed E-state index contributed by atoms with van der Waals surface area (Å²) in [7, 11) is 0. The molecule has 1 saturated carbocycles. The predicted molar refractivity (Wildman–Crippen MR) is 107 cm³/mol. The summed E-state index contributed by atoms with van der Waals surface area (Å²) in [6.07, 6.45) is 6.86. The molecule has 1 atom stereocenters. The Kier molecular flexibility index (Phi) is 7.92. The highest BCUT2D eigenvalue weighted by Crippen LogP contribution is 2.36. The number of rotatable bonds is 6. The molecule has 1 unspecified atom stereocenters. The third kappa shape index (κ3) is 5.06. The van der Waals surface area contributed by atoms with Gasteiger partial charge in [-0.2, -0.15) is 0 Å². The molecule has 2 aliphatic rings. The van der Waals surface area contributed by atoms with Gasteiger partial charge in [-0.15, -0.1) is 12.4 Å². The molecule has 140 valence electrons. The second-order valence-electron chi connectivity index (χ2n) is 7.74. The van der Waals surface area contributed by atoms with Crippen molar-refractivity contribution in [2.75, 3.05) is 32.7 Å². The van der Waals surface area contributed by atoms with Crippen molar-refractivity contribution < 1.29 is 4.79 Å². The highest BCUT2D eigenvalue weighted by Gasteiger charge is 2.39. The Morgan fingerprint density at radius 3 is 2.40 bits per heavy atom.